The zero-order valence-corrected chi connectivity index (χ0v) is 25.3. The van der Waals surface area contributed by atoms with E-state index in [0.717, 1.165) is 36.8 Å². The van der Waals surface area contributed by atoms with E-state index in [1.54, 1.807) is 25.7 Å². The molecule has 0 bridgehead atoms. The van der Waals surface area contributed by atoms with E-state index >= 15 is 0 Å². The summed E-state index contributed by atoms with van der Waals surface area (Å²) >= 11 is 0. The fourth-order valence-electron chi connectivity index (χ4n) is 4.75. The maximum atomic E-state index is 13.5. The Labute approximate surface area is 245 Å². The molecule has 8 nitrogen and oxygen atoms in total. The molecule has 3 rings (SSSR count). The van der Waals surface area contributed by atoms with Crippen molar-refractivity contribution in [1.29, 1.82) is 0 Å². The molecule has 0 aromatic heterocycles. The maximum absolute atomic E-state index is 13.5. The van der Waals surface area contributed by atoms with Crippen LogP contribution in [0.1, 0.15) is 77.8 Å². The van der Waals surface area contributed by atoms with Crippen LogP contribution in [0.25, 0.3) is 0 Å². The average molecular weight is 566 g/mol. The largest absolute Gasteiger partial charge is 0.489 e. The molecule has 3 amide bonds. The van der Waals surface area contributed by atoms with Crippen molar-refractivity contribution in [2.24, 2.45) is 5.92 Å². The van der Waals surface area contributed by atoms with Gasteiger partial charge >= 0.3 is 12.0 Å². The Morgan fingerprint density at radius 3 is 2.05 bits per heavy atom. The smallest absolute Gasteiger partial charge is 0.329 e. The lowest BCUT2D eigenvalue weighted by molar-refractivity contribution is -0.158. The van der Waals surface area contributed by atoms with E-state index < -0.39 is 23.7 Å². The van der Waals surface area contributed by atoms with Crippen LogP contribution in [0.2, 0.25) is 0 Å². The van der Waals surface area contributed by atoms with Crippen molar-refractivity contribution in [2.75, 3.05) is 13.1 Å². The Kier molecular flexibility index (Phi) is 12.0. The predicted octanol–water partition coefficient (Wildman–Crippen LogP) is 5.63. The first-order chi connectivity index (χ1) is 19.5. The van der Waals surface area contributed by atoms with Crippen molar-refractivity contribution in [3.05, 3.63) is 65.7 Å². The highest BCUT2D eigenvalue weighted by atomic mass is 16.6. The fourth-order valence-corrected chi connectivity index (χ4v) is 4.75. The second kappa shape index (κ2) is 15.5. The van der Waals surface area contributed by atoms with Crippen LogP contribution in [-0.2, 0) is 27.4 Å². The Morgan fingerprint density at radius 1 is 0.829 bits per heavy atom. The number of benzene rings is 2. The van der Waals surface area contributed by atoms with Crippen molar-refractivity contribution < 1.29 is 23.9 Å². The molecular weight excluding hydrogens is 518 g/mol. The van der Waals surface area contributed by atoms with Gasteiger partial charge in [0.25, 0.3) is 0 Å². The van der Waals surface area contributed by atoms with Crippen molar-refractivity contribution in [1.82, 2.24) is 15.5 Å². The van der Waals surface area contributed by atoms with Crippen molar-refractivity contribution in [3.63, 3.8) is 0 Å². The number of esters is 1. The zero-order chi connectivity index (χ0) is 29.8. The molecule has 0 spiro atoms. The van der Waals surface area contributed by atoms with Gasteiger partial charge in [-0.3, -0.25) is 4.79 Å². The molecule has 2 aromatic carbocycles. The van der Waals surface area contributed by atoms with Crippen LogP contribution in [0.15, 0.2) is 54.6 Å². The number of nitrogens with zero attached hydrogens (tertiary/aromatic N) is 1. The van der Waals surface area contributed by atoms with Gasteiger partial charge in [-0.2, -0.15) is 0 Å². The summed E-state index contributed by atoms with van der Waals surface area (Å²) in [7, 11) is 0. The number of carbonyl (C=O) groups is 3. The van der Waals surface area contributed by atoms with Gasteiger partial charge in [0.15, 0.2) is 0 Å². The minimum Gasteiger partial charge on any atom is -0.489 e. The minimum atomic E-state index is -0.914. The van der Waals surface area contributed by atoms with Gasteiger partial charge in [0.05, 0.1) is 0 Å². The summed E-state index contributed by atoms with van der Waals surface area (Å²) in [4.78, 5) is 41.6. The molecule has 1 aliphatic rings. The van der Waals surface area contributed by atoms with Crippen LogP contribution in [0, 0.1) is 5.92 Å². The maximum Gasteiger partial charge on any atom is 0.329 e. The van der Waals surface area contributed by atoms with Crippen molar-refractivity contribution in [3.8, 4) is 5.75 Å². The van der Waals surface area contributed by atoms with Gasteiger partial charge in [-0.25, -0.2) is 9.59 Å². The standard InChI is InChI=1S/C33H47N3O5/c1-24(2)21-28(35-32(39)36-19-11-6-7-12-20-36)30(37)34-29(31(38)41-33(3,4)5)22-25-15-17-27(18-16-25)40-23-26-13-9-8-10-14-26/h8-10,13-18,24,28-29H,6-7,11-12,19-23H2,1-5H3,(H,34,37)(H,35,39)/t28-,29?/m0/s1. The molecule has 8 heteroatoms. The van der Waals surface area contributed by atoms with E-state index in [1.165, 1.54) is 0 Å². The van der Waals surface area contributed by atoms with E-state index in [4.69, 9.17) is 9.47 Å². The molecule has 0 saturated carbocycles. The van der Waals surface area contributed by atoms with E-state index in [0.29, 0.717) is 31.9 Å². The lowest BCUT2D eigenvalue weighted by Gasteiger charge is -2.28. The van der Waals surface area contributed by atoms with Gasteiger partial charge in [0, 0.05) is 19.5 Å². The third-order valence-electron chi connectivity index (χ3n) is 6.83. The summed E-state index contributed by atoms with van der Waals surface area (Å²) in [6, 6.07) is 15.5. The molecular formula is C33H47N3O5. The number of hydrogen-bond acceptors (Lipinski definition) is 5. The molecule has 0 radical (unpaired) electrons. The highest BCUT2D eigenvalue weighted by molar-refractivity contribution is 5.90. The predicted molar refractivity (Wildman–Crippen MR) is 161 cm³/mol. The molecule has 2 N–H and O–H groups in total. The normalized spacial score (nSPS) is 15.4. The van der Waals surface area contributed by atoms with Gasteiger partial charge in [0.1, 0.15) is 30.0 Å². The van der Waals surface area contributed by atoms with Crippen molar-refractivity contribution in [2.45, 2.75) is 97.4 Å². The molecule has 1 heterocycles. The first-order valence-corrected chi connectivity index (χ1v) is 14.8. The number of rotatable bonds is 11. The quantitative estimate of drug-likeness (QED) is 0.344. The van der Waals surface area contributed by atoms with Crippen LogP contribution in [-0.4, -0.2) is 53.6 Å². The zero-order valence-electron chi connectivity index (χ0n) is 25.3. The van der Waals surface area contributed by atoms with Gasteiger partial charge in [-0.1, -0.05) is 69.2 Å². The van der Waals surface area contributed by atoms with E-state index in [2.05, 4.69) is 10.6 Å². The lowest BCUT2D eigenvalue weighted by atomic mass is 10.0. The highest BCUT2D eigenvalue weighted by Crippen LogP contribution is 2.18. The molecule has 0 aliphatic carbocycles. The third kappa shape index (κ3) is 11.5. The molecule has 224 valence electrons. The Hall–Kier alpha value is -3.55. The number of nitrogens with one attached hydrogen (secondary N) is 2. The molecule has 41 heavy (non-hydrogen) atoms. The molecule has 1 saturated heterocycles. The topological polar surface area (TPSA) is 97.0 Å². The van der Waals surface area contributed by atoms with Gasteiger partial charge in [-0.15, -0.1) is 0 Å². The van der Waals surface area contributed by atoms with Crippen LogP contribution in [0.3, 0.4) is 0 Å². The number of urea groups is 1. The van der Waals surface area contributed by atoms with Crippen LogP contribution >= 0.6 is 0 Å². The SMILES string of the molecule is CC(C)C[C@H](NC(=O)N1CCCCCC1)C(=O)NC(Cc1ccc(OCc2ccccc2)cc1)C(=O)OC(C)(C)C. The first kappa shape index (κ1) is 32.0. The Balaban J connectivity index is 1.70. The summed E-state index contributed by atoms with van der Waals surface area (Å²) in [5.41, 5.74) is 1.21. The number of amides is 3. The minimum absolute atomic E-state index is 0.165. The Morgan fingerprint density at radius 2 is 1.46 bits per heavy atom. The summed E-state index contributed by atoms with van der Waals surface area (Å²) in [6.07, 6.45) is 4.85. The summed E-state index contributed by atoms with van der Waals surface area (Å²) in [5.74, 6) is -0.0276. The first-order valence-electron chi connectivity index (χ1n) is 14.8. The molecule has 2 atom stereocenters. The second-order valence-electron chi connectivity index (χ2n) is 12.2. The Bertz CT molecular complexity index is 1100. The highest BCUT2D eigenvalue weighted by Gasteiger charge is 2.31. The van der Waals surface area contributed by atoms with Crippen LogP contribution in [0.4, 0.5) is 4.79 Å². The summed E-state index contributed by atoms with van der Waals surface area (Å²) in [6.45, 7) is 11.2. The van der Waals surface area contributed by atoms with Gasteiger partial charge in [0.2, 0.25) is 5.91 Å². The fraction of sp³-hybridized carbons (Fsp3) is 0.545. The average Bonchev–Trinajstić information content (AvgIpc) is 3.21. The summed E-state index contributed by atoms with van der Waals surface area (Å²) < 4.78 is 11.5. The van der Waals surface area contributed by atoms with E-state index in [-0.39, 0.29) is 24.3 Å². The van der Waals surface area contributed by atoms with Crippen LogP contribution in [0.5, 0.6) is 5.75 Å². The van der Waals surface area contributed by atoms with E-state index in [1.807, 2.05) is 68.4 Å². The molecule has 1 aliphatic heterocycles. The number of ether oxygens (including phenoxy) is 2. The number of likely N-dealkylation sites (tertiary alicyclic amines) is 1. The molecule has 2 aromatic rings. The van der Waals surface area contributed by atoms with Crippen molar-refractivity contribution >= 4 is 17.9 Å². The van der Waals surface area contributed by atoms with Crippen LogP contribution < -0.4 is 15.4 Å². The second-order valence-corrected chi connectivity index (χ2v) is 12.2. The lowest BCUT2D eigenvalue weighted by Crippen LogP contribution is -2.55. The van der Waals surface area contributed by atoms with E-state index in [9.17, 15) is 14.4 Å². The monoisotopic (exact) mass is 565 g/mol. The number of hydrogen-bond donors (Lipinski definition) is 2. The molecule has 1 unspecified atom stereocenters. The summed E-state index contributed by atoms with van der Waals surface area (Å²) in [5, 5.41) is 5.84. The number of carbonyl (C=O) groups excluding carboxylic acids is 3. The third-order valence-corrected chi connectivity index (χ3v) is 6.83. The molecule has 1 fully saturated rings. The van der Waals surface area contributed by atoms with Gasteiger partial charge < -0.3 is 25.0 Å². The van der Waals surface area contributed by atoms with Gasteiger partial charge in [-0.05, 0) is 69.2 Å².